The van der Waals surface area contributed by atoms with Crippen LogP contribution in [-0.2, 0) is 9.59 Å². The first kappa shape index (κ1) is 20.5. The summed E-state index contributed by atoms with van der Waals surface area (Å²) in [6.45, 7) is 0.0748. The number of nitrogens with one attached hydrogen (secondary N) is 2. The van der Waals surface area contributed by atoms with Crippen molar-refractivity contribution in [1.29, 1.82) is 5.26 Å². The summed E-state index contributed by atoms with van der Waals surface area (Å²) in [6, 6.07) is 7.07. The normalized spacial score (nSPS) is 16.0. The van der Waals surface area contributed by atoms with Crippen LogP contribution in [0.1, 0.15) is 32.1 Å². The Morgan fingerprint density at radius 1 is 1.15 bits per heavy atom. The molecule has 0 radical (unpaired) electrons. The van der Waals surface area contributed by atoms with E-state index in [2.05, 4.69) is 16.7 Å². The molecule has 1 saturated carbocycles. The minimum Gasteiger partial charge on any atom is -0.337 e. The van der Waals surface area contributed by atoms with Crippen molar-refractivity contribution in [2.45, 2.75) is 37.6 Å². The van der Waals surface area contributed by atoms with Gasteiger partial charge in [0.1, 0.15) is 5.54 Å². The summed E-state index contributed by atoms with van der Waals surface area (Å²) in [5.41, 5.74) is -0.230. The van der Waals surface area contributed by atoms with E-state index in [1.54, 1.807) is 30.1 Å². The maximum Gasteiger partial charge on any atom is 0.238 e. The van der Waals surface area contributed by atoms with E-state index in [1.807, 2.05) is 0 Å². The van der Waals surface area contributed by atoms with E-state index >= 15 is 0 Å². The average molecular weight is 397 g/mol. The first-order valence-electron chi connectivity index (χ1n) is 8.49. The topological polar surface area (TPSA) is 85.2 Å². The second kappa shape index (κ2) is 9.22. The highest BCUT2D eigenvalue weighted by atomic mass is 35.5. The van der Waals surface area contributed by atoms with Crippen molar-refractivity contribution >= 4 is 40.7 Å². The van der Waals surface area contributed by atoms with E-state index in [0.29, 0.717) is 28.6 Å². The molecule has 2 amide bonds. The third-order valence-electron chi connectivity index (χ3n) is 4.33. The molecule has 1 aliphatic rings. The van der Waals surface area contributed by atoms with Gasteiger partial charge in [0.2, 0.25) is 11.8 Å². The van der Waals surface area contributed by atoms with Crippen molar-refractivity contribution in [3.63, 3.8) is 0 Å². The van der Waals surface area contributed by atoms with E-state index in [4.69, 9.17) is 23.2 Å². The van der Waals surface area contributed by atoms with Gasteiger partial charge in [0.05, 0.1) is 29.2 Å². The Bertz CT molecular complexity index is 712. The van der Waals surface area contributed by atoms with Gasteiger partial charge in [-0.05, 0) is 38.1 Å². The van der Waals surface area contributed by atoms with Crippen LogP contribution in [-0.4, -0.2) is 42.4 Å². The fourth-order valence-electron chi connectivity index (χ4n) is 3.05. The summed E-state index contributed by atoms with van der Waals surface area (Å²) >= 11 is 11.8. The number of anilines is 1. The van der Waals surface area contributed by atoms with Crippen LogP contribution in [0.3, 0.4) is 0 Å². The fourth-order valence-corrected chi connectivity index (χ4v) is 3.35. The molecule has 0 spiro atoms. The lowest BCUT2D eigenvalue weighted by molar-refractivity contribution is -0.124. The number of benzene rings is 1. The van der Waals surface area contributed by atoms with Crippen LogP contribution in [0.4, 0.5) is 5.69 Å². The zero-order valence-electron chi connectivity index (χ0n) is 14.6. The highest BCUT2D eigenvalue weighted by Crippen LogP contribution is 2.27. The number of carbonyl (C=O) groups excluding carboxylic acids is 2. The minimum absolute atomic E-state index is 0.0349. The molecule has 1 aromatic carbocycles. The molecule has 0 unspecified atom stereocenters. The largest absolute Gasteiger partial charge is 0.337 e. The first-order valence-corrected chi connectivity index (χ1v) is 9.25. The molecular weight excluding hydrogens is 375 g/mol. The van der Waals surface area contributed by atoms with E-state index in [1.165, 1.54) is 0 Å². The van der Waals surface area contributed by atoms with Gasteiger partial charge in [0.15, 0.2) is 0 Å². The van der Waals surface area contributed by atoms with Gasteiger partial charge < -0.3 is 10.6 Å². The van der Waals surface area contributed by atoms with Crippen molar-refractivity contribution in [3.05, 3.63) is 28.2 Å². The summed E-state index contributed by atoms with van der Waals surface area (Å²) in [5, 5.41) is 15.7. The number of carbonyl (C=O) groups is 2. The van der Waals surface area contributed by atoms with Crippen molar-refractivity contribution in [1.82, 2.24) is 10.2 Å². The van der Waals surface area contributed by atoms with Crippen molar-refractivity contribution in [2.24, 2.45) is 0 Å². The monoisotopic (exact) mass is 396 g/mol. The number of hydrogen-bond donors (Lipinski definition) is 2. The highest BCUT2D eigenvalue weighted by Gasteiger charge is 2.33. The third kappa shape index (κ3) is 5.87. The van der Waals surface area contributed by atoms with Crippen LogP contribution in [0.15, 0.2) is 18.2 Å². The summed E-state index contributed by atoms with van der Waals surface area (Å²) in [4.78, 5) is 25.9. The number of nitrogens with zero attached hydrogens (tertiary/aromatic N) is 2. The molecule has 0 bridgehead atoms. The minimum atomic E-state index is -0.765. The van der Waals surface area contributed by atoms with E-state index in [0.717, 1.165) is 19.3 Å². The van der Waals surface area contributed by atoms with Crippen LogP contribution in [0.2, 0.25) is 10.0 Å². The summed E-state index contributed by atoms with van der Waals surface area (Å²) in [6.07, 6.45) is 4.33. The molecular formula is C18H22Cl2N4O2. The highest BCUT2D eigenvalue weighted by molar-refractivity contribution is 6.42. The second-order valence-corrected chi connectivity index (χ2v) is 7.47. The lowest BCUT2D eigenvalue weighted by atomic mass is 9.83. The molecule has 1 aliphatic carbocycles. The van der Waals surface area contributed by atoms with Gasteiger partial charge in [-0.2, -0.15) is 5.26 Å². The summed E-state index contributed by atoms with van der Waals surface area (Å²) in [7, 11) is 1.67. The van der Waals surface area contributed by atoms with E-state index < -0.39 is 5.54 Å². The van der Waals surface area contributed by atoms with Crippen molar-refractivity contribution in [3.8, 4) is 6.07 Å². The standard InChI is InChI=1S/C18H22Cl2N4O2/c1-24(10-16(25)22-13-5-6-14(19)15(20)9-13)11-17(26)23-18(12-21)7-3-2-4-8-18/h5-6,9H,2-4,7-8,10-11H2,1H3,(H,22,25)(H,23,26). The lowest BCUT2D eigenvalue weighted by Gasteiger charge is -2.32. The molecule has 6 nitrogen and oxygen atoms in total. The molecule has 0 aromatic heterocycles. The molecule has 1 aromatic rings. The molecule has 2 N–H and O–H groups in total. The molecule has 0 aliphatic heterocycles. The Balaban J connectivity index is 1.82. The molecule has 0 heterocycles. The van der Waals surface area contributed by atoms with Crippen molar-refractivity contribution < 1.29 is 9.59 Å². The number of hydrogen-bond acceptors (Lipinski definition) is 4. The zero-order valence-corrected chi connectivity index (χ0v) is 16.2. The molecule has 1 fully saturated rings. The number of halogens is 2. The van der Waals surface area contributed by atoms with Crippen LogP contribution in [0.5, 0.6) is 0 Å². The SMILES string of the molecule is CN(CC(=O)Nc1ccc(Cl)c(Cl)c1)CC(=O)NC1(C#N)CCCCC1. The van der Waals surface area contributed by atoms with Gasteiger partial charge in [0.25, 0.3) is 0 Å². The van der Waals surface area contributed by atoms with Crippen molar-refractivity contribution in [2.75, 3.05) is 25.5 Å². The van der Waals surface area contributed by atoms with Crippen LogP contribution in [0, 0.1) is 11.3 Å². The average Bonchev–Trinajstić information content (AvgIpc) is 2.58. The zero-order chi connectivity index (χ0) is 19.2. The smallest absolute Gasteiger partial charge is 0.238 e. The maximum atomic E-state index is 12.2. The lowest BCUT2D eigenvalue weighted by Crippen LogP contribution is -2.51. The fraction of sp³-hybridized carbons (Fsp3) is 0.500. The molecule has 0 atom stereocenters. The van der Waals surface area contributed by atoms with Gasteiger partial charge in [-0.3, -0.25) is 14.5 Å². The quantitative estimate of drug-likeness (QED) is 0.772. The molecule has 8 heteroatoms. The predicted octanol–water partition coefficient (Wildman–Crippen LogP) is 3.21. The molecule has 140 valence electrons. The molecule has 26 heavy (non-hydrogen) atoms. The second-order valence-electron chi connectivity index (χ2n) is 6.65. The van der Waals surface area contributed by atoms with Crippen LogP contribution >= 0.6 is 23.2 Å². The van der Waals surface area contributed by atoms with E-state index in [9.17, 15) is 14.9 Å². The van der Waals surface area contributed by atoms with Gasteiger partial charge in [-0.25, -0.2) is 0 Å². The van der Waals surface area contributed by atoms with Gasteiger partial charge in [-0.1, -0.05) is 42.5 Å². The molecule has 0 saturated heterocycles. The predicted molar refractivity (Wildman–Crippen MR) is 102 cm³/mol. The number of nitriles is 1. The summed E-state index contributed by atoms with van der Waals surface area (Å²) in [5.74, 6) is -0.523. The Morgan fingerprint density at radius 2 is 1.81 bits per heavy atom. The summed E-state index contributed by atoms with van der Waals surface area (Å²) < 4.78 is 0. The Hall–Kier alpha value is -1.81. The Labute approximate surface area is 163 Å². The van der Waals surface area contributed by atoms with Crippen LogP contribution in [0.25, 0.3) is 0 Å². The van der Waals surface area contributed by atoms with Gasteiger partial charge in [-0.15, -0.1) is 0 Å². The number of likely N-dealkylation sites (N-methyl/N-ethyl adjacent to an activating group) is 1. The van der Waals surface area contributed by atoms with E-state index in [-0.39, 0.29) is 24.9 Å². The Kier molecular flexibility index (Phi) is 7.27. The number of rotatable bonds is 6. The first-order chi connectivity index (χ1) is 12.3. The van der Waals surface area contributed by atoms with Gasteiger partial charge in [0, 0.05) is 5.69 Å². The number of amides is 2. The van der Waals surface area contributed by atoms with Crippen LogP contribution < -0.4 is 10.6 Å². The molecule has 2 rings (SSSR count). The Morgan fingerprint density at radius 3 is 2.42 bits per heavy atom. The maximum absolute atomic E-state index is 12.2. The van der Waals surface area contributed by atoms with Gasteiger partial charge >= 0.3 is 0 Å². The third-order valence-corrected chi connectivity index (χ3v) is 5.07.